The van der Waals surface area contributed by atoms with Crippen LogP contribution in [0.5, 0.6) is 5.75 Å². The number of hydrogen-bond acceptors (Lipinski definition) is 6. The highest BCUT2D eigenvalue weighted by molar-refractivity contribution is 6.03. The van der Waals surface area contributed by atoms with Crippen molar-refractivity contribution in [2.45, 2.75) is 20.0 Å². The summed E-state index contributed by atoms with van der Waals surface area (Å²) in [5.74, 6) is -1.76. The molecule has 1 aromatic heterocycles. The van der Waals surface area contributed by atoms with Gasteiger partial charge in [-0.3, -0.25) is 9.59 Å². The second-order valence-electron chi connectivity index (χ2n) is 3.30. The fourth-order valence-corrected chi connectivity index (χ4v) is 1.19. The molecule has 0 saturated carbocycles. The topological polar surface area (TPSA) is 99.4 Å². The summed E-state index contributed by atoms with van der Waals surface area (Å²) in [4.78, 5) is 35.7. The summed E-state index contributed by atoms with van der Waals surface area (Å²) in [6.45, 7) is 2.35. The van der Waals surface area contributed by atoms with Gasteiger partial charge in [0.15, 0.2) is 11.6 Å². The molecule has 0 unspecified atom stereocenters. The lowest BCUT2D eigenvalue weighted by atomic mass is 10.2. The maximum absolute atomic E-state index is 11.1. The molecule has 7 nitrogen and oxygen atoms in total. The van der Waals surface area contributed by atoms with Crippen molar-refractivity contribution in [3.63, 3.8) is 0 Å². The standard InChI is InChI=1S/C10H10N2O5/c1-6(13)9(7(2)14)17-8-4-3-5-11-10(8)12(15)16/h3-5,9H,1-2H3. The number of ether oxygens (including phenoxy) is 1. The van der Waals surface area contributed by atoms with Crippen LogP contribution in [0, 0.1) is 10.1 Å². The molecule has 0 bridgehead atoms. The zero-order chi connectivity index (χ0) is 13.0. The van der Waals surface area contributed by atoms with Crippen LogP contribution in [-0.4, -0.2) is 27.6 Å². The molecule has 0 saturated heterocycles. The molecule has 0 radical (unpaired) electrons. The predicted molar refractivity (Wildman–Crippen MR) is 56.7 cm³/mol. The number of nitrogens with zero attached hydrogens (tertiary/aromatic N) is 2. The van der Waals surface area contributed by atoms with Crippen molar-refractivity contribution in [3.8, 4) is 5.75 Å². The van der Waals surface area contributed by atoms with Crippen molar-refractivity contribution in [3.05, 3.63) is 28.4 Å². The third-order valence-corrected chi connectivity index (χ3v) is 1.91. The first-order valence-electron chi connectivity index (χ1n) is 4.70. The number of aromatic nitrogens is 1. The zero-order valence-electron chi connectivity index (χ0n) is 9.25. The Bertz CT molecular complexity index is 458. The van der Waals surface area contributed by atoms with Gasteiger partial charge >= 0.3 is 5.82 Å². The lowest BCUT2D eigenvalue weighted by Gasteiger charge is -2.12. The lowest BCUT2D eigenvalue weighted by Crippen LogP contribution is -2.32. The molecule has 17 heavy (non-hydrogen) atoms. The van der Waals surface area contributed by atoms with Gasteiger partial charge in [-0.2, -0.15) is 0 Å². The van der Waals surface area contributed by atoms with Gasteiger partial charge in [0.05, 0.1) is 0 Å². The highest BCUT2D eigenvalue weighted by atomic mass is 16.6. The number of pyridine rings is 1. The smallest absolute Gasteiger partial charge is 0.406 e. The van der Waals surface area contributed by atoms with Crippen LogP contribution >= 0.6 is 0 Å². The van der Waals surface area contributed by atoms with E-state index in [0.717, 1.165) is 0 Å². The van der Waals surface area contributed by atoms with Crippen molar-refractivity contribution in [2.75, 3.05) is 0 Å². The zero-order valence-corrected chi connectivity index (χ0v) is 9.25. The van der Waals surface area contributed by atoms with E-state index in [9.17, 15) is 19.7 Å². The van der Waals surface area contributed by atoms with Gasteiger partial charge in [0, 0.05) is 0 Å². The van der Waals surface area contributed by atoms with Crippen LogP contribution in [-0.2, 0) is 9.59 Å². The minimum atomic E-state index is -1.34. The molecule has 1 aromatic rings. The lowest BCUT2D eigenvalue weighted by molar-refractivity contribution is -0.390. The molecule has 0 atom stereocenters. The fraction of sp³-hybridized carbons (Fsp3) is 0.300. The monoisotopic (exact) mass is 238 g/mol. The molecule has 0 N–H and O–H groups in total. The molecule has 90 valence electrons. The van der Waals surface area contributed by atoms with Crippen LogP contribution in [0.1, 0.15) is 13.8 Å². The summed E-state index contributed by atoms with van der Waals surface area (Å²) in [5, 5.41) is 10.6. The molecule has 0 fully saturated rings. The van der Waals surface area contributed by atoms with E-state index in [-0.39, 0.29) is 5.75 Å². The van der Waals surface area contributed by atoms with Gasteiger partial charge in [0.25, 0.3) is 0 Å². The van der Waals surface area contributed by atoms with Crippen LogP contribution in [0.2, 0.25) is 0 Å². The minimum absolute atomic E-state index is 0.201. The van der Waals surface area contributed by atoms with Gasteiger partial charge in [-0.15, -0.1) is 0 Å². The SMILES string of the molecule is CC(=O)C(Oc1cccnc1[N+](=O)[O-])C(C)=O. The van der Waals surface area contributed by atoms with Crippen LogP contribution in [0.25, 0.3) is 0 Å². The van der Waals surface area contributed by atoms with E-state index in [2.05, 4.69) is 4.98 Å². The van der Waals surface area contributed by atoms with Gasteiger partial charge in [0.2, 0.25) is 11.9 Å². The second-order valence-corrected chi connectivity index (χ2v) is 3.30. The Morgan fingerprint density at radius 1 is 1.41 bits per heavy atom. The number of carbonyl (C=O) groups is 2. The first-order chi connectivity index (χ1) is 7.93. The van der Waals surface area contributed by atoms with Gasteiger partial charge in [0.1, 0.15) is 6.20 Å². The maximum atomic E-state index is 11.1. The maximum Gasteiger partial charge on any atom is 0.406 e. The third-order valence-electron chi connectivity index (χ3n) is 1.91. The van der Waals surface area contributed by atoms with Crippen molar-refractivity contribution >= 4 is 17.4 Å². The molecule has 0 aliphatic carbocycles. The predicted octanol–water partition coefficient (Wildman–Crippen LogP) is 0.915. The van der Waals surface area contributed by atoms with E-state index in [1.54, 1.807) is 0 Å². The van der Waals surface area contributed by atoms with Gasteiger partial charge in [-0.25, -0.2) is 0 Å². The van der Waals surface area contributed by atoms with Crippen molar-refractivity contribution in [2.24, 2.45) is 0 Å². The summed E-state index contributed by atoms with van der Waals surface area (Å²) in [6.07, 6.45) is -0.112. The van der Waals surface area contributed by atoms with E-state index >= 15 is 0 Å². The Labute approximate surface area is 96.6 Å². The Kier molecular flexibility index (Phi) is 3.86. The Hall–Kier alpha value is -2.31. The first-order valence-corrected chi connectivity index (χ1v) is 4.70. The molecule has 0 amide bonds. The van der Waals surface area contributed by atoms with Crippen molar-refractivity contribution < 1.29 is 19.2 Å². The summed E-state index contributed by atoms with van der Waals surface area (Å²) in [5.41, 5.74) is 0. The van der Waals surface area contributed by atoms with E-state index < -0.39 is 28.4 Å². The van der Waals surface area contributed by atoms with Crippen LogP contribution < -0.4 is 4.74 Å². The summed E-state index contributed by atoms with van der Waals surface area (Å²) in [6, 6.07) is 2.70. The Morgan fingerprint density at radius 2 is 2.00 bits per heavy atom. The van der Waals surface area contributed by atoms with Crippen molar-refractivity contribution in [1.82, 2.24) is 4.98 Å². The number of rotatable bonds is 5. The fourth-order valence-electron chi connectivity index (χ4n) is 1.19. The third kappa shape index (κ3) is 3.07. The van der Waals surface area contributed by atoms with E-state index in [0.29, 0.717) is 0 Å². The highest BCUT2D eigenvalue weighted by Gasteiger charge is 2.25. The molecule has 1 heterocycles. The van der Waals surface area contributed by atoms with Gasteiger partial charge in [-0.1, -0.05) is 0 Å². The molecular formula is C10H10N2O5. The largest absolute Gasteiger partial charge is 0.466 e. The summed E-state index contributed by atoms with van der Waals surface area (Å²) in [7, 11) is 0. The Balaban J connectivity index is 3.05. The molecule has 0 aliphatic heterocycles. The summed E-state index contributed by atoms with van der Waals surface area (Å²) < 4.78 is 5.03. The van der Waals surface area contributed by atoms with Gasteiger partial charge in [-0.05, 0) is 35.9 Å². The Morgan fingerprint density at radius 3 is 2.47 bits per heavy atom. The normalized spacial score (nSPS) is 10.1. The number of hydrogen-bond donors (Lipinski definition) is 0. The molecule has 0 aliphatic rings. The molecule has 0 aromatic carbocycles. The molecule has 1 rings (SSSR count). The van der Waals surface area contributed by atoms with E-state index in [1.807, 2.05) is 0 Å². The van der Waals surface area contributed by atoms with E-state index in [1.165, 1.54) is 32.2 Å². The average molecular weight is 238 g/mol. The highest BCUT2D eigenvalue weighted by Crippen LogP contribution is 2.24. The van der Waals surface area contributed by atoms with Gasteiger partial charge < -0.3 is 14.9 Å². The number of carbonyl (C=O) groups excluding carboxylic acids is 2. The average Bonchev–Trinajstić information content (AvgIpc) is 2.25. The second kappa shape index (κ2) is 5.15. The number of Topliss-reactive ketones (excluding diaryl/α,β-unsaturated/α-hetero) is 2. The van der Waals surface area contributed by atoms with Crippen LogP contribution in [0.4, 0.5) is 5.82 Å². The van der Waals surface area contributed by atoms with Crippen LogP contribution in [0.15, 0.2) is 18.3 Å². The number of ketones is 2. The van der Waals surface area contributed by atoms with Crippen LogP contribution in [0.3, 0.4) is 0 Å². The van der Waals surface area contributed by atoms with E-state index in [4.69, 9.17) is 4.74 Å². The first kappa shape index (κ1) is 12.8. The summed E-state index contributed by atoms with van der Waals surface area (Å²) >= 11 is 0. The number of nitro groups is 1. The molecule has 0 spiro atoms. The quantitative estimate of drug-likeness (QED) is 0.429. The molecule has 7 heteroatoms. The van der Waals surface area contributed by atoms with Crippen molar-refractivity contribution in [1.29, 1.82) is 0 Å². The molecular weight excluding hydrogens is 228 g/mol. The minimum Gasteiger partial charge on any atom is -0.466 e.